The summed E-state index contributed by atoms with van der Waals surface area (Å²) in [6, 6.07) is -0.473. The van der Waals surface area contributed by atoms with Gasteiger partial charge in [0, 0.05) is 13.1 Å². The lowest BCUT2D eigenvalue weighted by molar-refractivity contribution is -0.142. The van der Waals surface area contributed by atoms with Gasteiger partial charge in [-0.3, -0.25) is 4.79 Å². The monoisotopic (exact) mass is 214 g/mol. The maximum Gasteiger partial charge on any atom is 0.322 e. The third kappa shape index (κ3) is 3.80. The zero-order chi connectivity index (χ0) is 11.5. The number of hydrogen-bond donors (Lipinski definition) is 1. The van der Waals surface area contributed by atoms with Gasteiger partial charge in [0.05, 0.1) is 7.11 Å². The van der Waals surface area contributed by atoms with Crippen LogP contribution in [0.4, 0.5) is 0 Å². The average Bonchev–Trinajstić information content (AvgIpc) is 2.53. The molecule has 88 valence electrons. The molecular weight excluding hydrogens is 192 g/mol. The molecule has 1 aliphatic rings. The molecule has 1 aliphatic heterocycles. The summed E-state index contributed by atoms with van der Waals surface area (Å²) in [6.45, 7) is 7.64. The van der Waals surface area contributed by atoms with Crippen molar-refractivity contribution in [1.29, 1.82) is 0 Å². The van der Waals surface area contributed by atoms with Crippen molar-refractivity contribution in [2.75, 3.05) is 26.7 Å². The summed E-state index contributed by atoms with van der Waals surface area (Å²) in [4.78, 5) is 13.4. The largest absolute Gasteiger partial charge is 0.468 e. The summed E-state index contributed by atoms with van der Waals surface area (Å²) in [6.07, 6.45) is 1.91. The number of methoxy groups -OCH3 is 1. The zero-order valence-corrected chi connectivity index (χ0v) is 9.95. The van der Waals surface area contributed by atoms with Crippen LogP contribution in [-0.4, -0.2) is 43.7 Å². The second-order valence-corrected chi connectivity index (χ2v) is 5.11. The van der Waals surface area contributed by atoms with Gasteiger partial charge in [-0.15, -0.1) is 0 Å². The Morgan fingerprint density at radius 2 is 2.27 bits per heavy atom. The van der Waals surface area contributed by atoms with Gasteiger partial charge >= 0.3 is 5.97 Å². The first-order valence-corrected chi connectivity index (χ1v) is 5.50. The van der Waals surface area contributed by atoms with Crippen molar-refractivity contribution in [2.24, 2.45) is 11.1 Å². The second-order valence-electron chi connectivity index (χ2n) is 5.11. The molecule has 4 nitrogen and oxygen atoms in total. The van der Waals surface area contributed by atoms with E-state index in [0.29, 0.717) is 11.8 Å². The highest BCUT2D eigenvalue weighted by molar-refractivity contribution is 5.75. The Morgan fingerprint density at radius 1 is 1.60 bits per heavy atom. The molecule has 4 heteroatoms. The number of likely N-dealkylation sites (tertiary alicyclic amines) is 1. The molecule has 0 aromatic heterocycles. The van der Waals surface area contributed by atoms with Crippen molar-refractivity contribution in [3.63, 3.8) is 0 Å². The lowest BCUT2D eigenvalue weighted by atomic mass is 9.93. The number of hydrogen-bond acceptors (Lipinski definition) is 4. The summed E-state index contributed by atoms with van der Waals surface area (Å²) >= 11 is 0. The average molecular weight is 214 g/mol. The first-order valence-electron chi connectivity index (χ1n) is 5.50. The lowest BCUT2D eigenvalue weighted by Gasteiger charge is -2.20. The Kier molecular flexibility index (Phi) is 4.11. The van der Waals surface area contributed by atoms with Crippen molar-refractivity contribution < 1.29 is 9.53 Å². The Labute approximate surface area is 91.8 Å². The second kappa shape index (κ2) is 4.94. The van der Waals surface area contributed by atoms with Crippen LogP contribution >= 0.6 is 0 Å². The summed E-state index contributed by atoms with van der Waals surface area (Å²) in [5.74, 6) is -0.312. The third-order valence-electron chi connectivity index (χ3n) is 3.02. The van der Waals surface area contributed by atoms with E-state index in [1.165, 1.54) is 13.5 Å². The third-order valence-corrected chi connectivity index (χ3v) is 3.02. The van der Waals surface area contributed by atoms with Gasteiger partial charge in [-0.05, 0) is 24.8 Å². The molecule has 0 aromatic carbocycles. The van der Waals surface area contributed by atoms with Gasteiger partial charge in [-0.25, -0.2) is 0 Å². The van der Waals surface area contributed by atoms with E-state index in [1.807, 2.05) is 0 Å². The molecule has 0 aliphatic carbocycles. The summed E-state index contributed by atoms with van der Waals surface area (Å²) in [5.41, 5.74) is 6.08. The van der Waals surface area contributed by atoms with E-state index in [2.05, 4.69) is 23.5 Å². The van der Waals surface area contributed by atoms with Crippen LogP contribution < -0.4 is 5.73 Å². The molecule has 2 N–H and O–H groups in total. The van der Waals surface area contributed by atoms with E-state index in [9.17, 15) is 4.79 Å². The van der Waals surface area contributed by atoms with E-state index >= 15 is 0 Å². The Hall–Kier alpha value is -0.610. The number of rotatable bonds is 4. The van der Waals surface area contributed by atoms with Crippen LogP contribution in [0.15, 0.2) is 0 Å². The molecule has 1 saturated heterocycles. The fraction of sp³-hybridized carbons (Fsp3) is 0.909. The van der Waals surface area contributed by atoms with Gasteiger partial charge in [0.2, 0.25) is 0 Å². The van der Waals surface area contributed by atoms with Crippen LogP contribution in [0.5, 0.6) is 0 Å². The highest BCUT2D eigenvalue weighted by Crippen LogP contribution is 2.28. The van der Waals surface area contributed by atoms with E-state index in [4.69, 9.17) is 5.73 Å². The van der Waals surface area contributed by atoms with E-state index in [1.54, 1.807) is 0 Å². The Morgan fingerprint density at radius 3 is 2.73 bits per heavy atom. The molecule has 0 saturated carbocycles. The molecule has 1 heterocycles. The SMILES string of the molecule is COC(=O)C(N)CCN1CCC(C)(C)C1. The number of esters is 1. The minimum absolute atomic E-state index is 0.312. The van der Waals surface area contributed by atoms with Crippen molar-refractivity contribution >= 4 is 5.97 Å². The highest BCUT2D eigenvalue weighted by Gasteiger charge is 2.29. The number of ether oxygens (including phenoxy) is 1. The van der Waals surface area contributed by atoms with Gasteiger partial charge in [0.1, 0.15) is 6.04 Å². The summed E-state index contributed by atoms with van der Waals surface area (Å²) in [7, 11) is 1.38. The van der Waals surface area contributed by atoms with Gasteiger partial charge in [0.15, 0.2) is 0 Å². The molecule has 0 spiro atoms. The molecule has 1 unspecified atom stereocenters. The molecule has 1 rings (SSSR count). The van der Waals surface area contributed by atoms with E-state index in [0.717, 1.165) is 19.6 Å². The smallest absolute Gasteiger partial charge is 0.322 e. The molecule has 0 amide bonds. The molecule has 15 heavy (non-hydrogen) atoms. The minimum atomic E-state index is -0.473. The van der Waals surface area contributed by atoms with Gasteiger partial charge in [-0.2, -0.15) is 0 Å². The number of nitrogens with two attached hydrogens (primary N) is 1. The normalized spacial score (nSPS) is 22.7. The van der Waals surface area contributed by atoms with Crippen molar-refractivity contribution in [1.82, 2.24) is 4.90 Å². The van der Waals surface area contributed by atoms with Gasteiger partial charge in [-0.1, -0.05) is 13.8 Å². The lowest BCUT2D eigenvalue weighted by Crippen LogP contribution is -2.36. The number of nitrogens with zero attached hydrogens (tertiary/aromatic N) is 1. The predicted octanol–water partition coefficient (Wildman–Crippen LogP) is 0.609. The van der Waals surface area contributed by atoms with Crippen LogP contribution in [0.25, 0.3) is 0 Å². The van der Waals surface area contributed by atoms with E-state index < -0.39 is 6.04 Å². The first kappa shape index (κ1) is 12.5. The van der Waals surface area contributed by atoms with Crippen molar-refractivity contribution in [3.05, 3.63) is 0 Å². The molecule has 1 atom stereocenters. The zero-order valence-electron chi connectivity index (χ0n) is 9.95. The fourth-order valence-corrected chi connectivity index (χ4v) is 2.01. The van der Waals surface area contributed by atoms with Crippen LogP contribution in [0, 0.1) is 5.41 Å². The number of carbonyl (C=O) groups is 1. The number of carbonyl (C=O) groups excluding carboxylic acids is 1. The highest BCUT2D eigenvalue weighted by atomic mass is 16.5. The molecule has 0 radical (unpaired) electrons. The van der Waals surface area contributed by atoms with Crippen molar-refractivity contribution in [3.8, 4) is 0 Å². The molecule has 0 aromatic rings. The van der Waals surface area contributed by atoms with Crippen LogP contribution in [0.2, 0.25) is 0 Å². The molecule has 1 fully saturated rings. The van der Waals surface area contributed by atoms with Crippen LogP contribution in [0.1, 0.15) is 26.7 Å². The first-order chi connectivity index (χ1) is 6.94. The summed E-state index contributed by atoms with van der Waals surface area (Å²) < 4.78 is 4.59. The minimum Gasteiger partial charge on any atom is -0.468 e. The molecule has 0 bridgehead atoms. The fourth-order valence-electron chi connectivity index (χ4n) is 2.01. The standard InChI is InChI=1S/C11H22N2O2/c1-11(2)5-7-13(8-11)6-4-9(12)10(14)15-3/h9H,4-8,12H2,1-3H3. The van der Waals surface area contributed by atoms with Gasteiger partial charge in [0.25, 0.3) is 0 Å². The Bertz CT molecular complexity index is 229. The topological polar surface area (TPSA) is 55.6 Å². The maximum atomic E-state index is 11.1. The van der Waals surface area contributed by atoms with Crippen LogP contribution in [0.3, 0.4) is 0 Å². The van der Waals surface area contributed by atoms with Gasteiger partial charge < -0.3 is 15.4 Å². The quantitative estimate of drug-likeness (QED) is 0.697. The predicted molar refractivity (Wildman–Crippen MR) is 59.4 cm³/mol. The molecular formula is C11H22N2O2. The van der Waals surface area contributed by atoms with Crippen molar-refractivity contribution in [2.45, 2.75) is 32.7 Å². The van der Waals surface area contributed by atoms with E-state index in [-0.39, 0.29) is 5.97 Å². The summed E-state index contributed by atoms with van der Waals surface area (Å²) in [5, 5.41) is 0. The maximum absolute atomic E-state index is 11.1. The Balaban J connectivity index is 2.24. The van der Waals surface area contributed by atoms with Crippen LogP contribution in [-0.2, 0) is 9.53 Å².